The van der Waals surface area contributed by atoms with E-state index in [1.54, 1.807) is 39.0 Å². The van der Waals surface area contributed by atoms with E-state index in [0.717, 1.165) is 0 Å². The molecule has 6 nitrogen and oxygen atoms in total. The maximum atomic E-state index is 11.8. The molecule has 6 heteroatoms. The Bertz CT molecular complexity index is 469. The van der Waals surface area contributed by atoms with Gasteiger partial charge in [-0.1, -0.05) is 6.07 Å². The predicted molar refractivity (Wildman–Crippen MR) is 76.9 cm³/mol. The van der Waals surface area contributed by atoms with E-state index in [2.05, 4.69) is 5.32 Å². The van der Waals surface area contributed by atoms with Crippen LogP contribution in [-0.4, -0.2) is 30.5 Å². The minimum absolute atomic E-state index is 0.182. The first-order valence-electron chi connectivity index (χ1n) is 6.31. The number of benzene rings is 1. The van der Waals surface area contributed by atoms with Crippen LogP contribution >= 0.6 is 0 Å². The zero-order chi connectivity index (χ0) is 15.3. The van der Waals surface area contributed by atoms with Crippen molar-refractivity contribution in [2.24, 2.45) is 5.73 Å². The fourth-order valence-corrected chi connectivity index (χ4v) is 1.57. The van der Waals surface area contributed by atoms with Crippen molar-refractivity contribution in [1.29, 1.82) is 0 Å². The number of carbonyl (C=O) groups excluding carboxylic acids is 1. The van der Waals surface area contributed by atoms with Crippen molar-refractivity contribution in [3.05, 3.63) is 23.8 Å². The van der Waals surface area contributed by atoms with Crippen LogP contribution in [0, 0.1) is 0 Å². The van der Waals surface area contributed by atoms with Gasteiger partial charge in [0, 0.05) is 0 Å². The van der Waals surface area contributed by atoms with Gasteiger partial charge < -0.3 is 20.3 Å². The molecule has 0 aliphatic rings. The van der Waals surface area contributed by atoms with E-state index in [4.69, 9.17) is 20.3 Å². The first kappa shape index (κ1) is 16.3. The average molecular weight is 282 g/mol. The quantitative estimate of drug-likeness (QED) is 0.785. The number of carbonyl (C=O) groups is 1. The molecule has 0 spiro atoms. The van der Waals surface area contributed by atoms with Crippen molar-refractivity contribution in [3.63, 3.8) is 0 Å². The van der Waals surface area contributed by atoms with Gasteiger partial charge in [-0.05, 0) is 38.5 Å². The molecule has 0 aliphatic carbocycles. The lowest BCUT2D eigenvalue weighted by atomic mass is 10.1. The van der Waals surface area contributed by atoms with E-state index in [-0.39, 0.29) is 6.61 Å². The molecule has 1 amide bonds. The van der Waals surface area contributed by atoms with Gasteiger partial charge in [-0.15, -0.1) is 0 Å². The number of hydrogen-bond donors (Lipinski definition) is 3. The number of rotatable bonds is 4. The molecule has 1 aromatic rings. The second-order valence-corrected chi connectivity index (χ2v) is 5.38. The summed E-state index contributed by atoms with van der Waals surface area (Å²) in [5, 5.41) is 11.7. The van der Waals surface area contributed by atoms with Crippen LogP contribution in [0.1, 0.15) is 32.4 Å². The van der Waals surface area contributed by atoms with Gasteiger partial charge in [0.15, 0.2) is 0 Å². The van der Waals surface area contributed by atoms with Gasteiger partial charge in [-0.2, -0.15) is 0 Å². The highest BCUT2D eigenvalue weighted by atomic mass is 16.6. The molecule has 0 bridgehead atoms. The third kappa shape index (κ3) is 4.71. The number of anilines is 1. The second kappa shape index (κ2) is 6.58. The molecule has 0 saturated carbocycles. The second-order valence-electron chi connectivity index (χ2n) is 5.38. The summed E-state index contributed by atoms with van der Waals surface area (Å²) in [6.07, 6.45) is -0.578. The highest BCUT2D eigenvalue weighted by Crippen LogP contribution is 2.28. The molecule has 0 radical (unpaired) electrons. The number of nitrogens with one attached hydrogen (secondary N) is 1. The van der Waals surface area contributed by atoms with Crippen molar-refractivity contribution < 1.29 is 19.4 Å². The maximum Gasteiger partial charge on any atom is 0.412 e. The minimum atomic E-state index is -0.587. The van der Waals surface area contributed by atoms with Crippen molar-refractivity contribution in [2.75, 3.05) is 19.0 Å². The Kier molecular flexibility index (Phi) is 5.35. The number of aliphatic hydroxyl groups is 1. The number of methoxy groups -OCH3 is 1. The topological polar surface area (TPSA) is 93.8 Å². The minimum Gasteiger partial charge on any atom is -0.495 e. The molecule has 1 aromatic carbocycles. The monoisotopic (exact) mass is 282 g/mol. The number of ether oxygens (including phenoxy) is 2. The molecule has 0 aliphatic heterocycles. The van der Waals surface area contributed by atoms with Gasteiger partial charge in [-0.25, -0.2) is 4.79 Å². The lowest BCUT2D eigenvalue weighted by Crippen LogP contribution is -2.27. The van der Waals surface area contributed by atoms with Gasteiger partial charge in [0.2, 0.25) is 0 Å². The van der Waals surface area contributed by atoms with E-state index in [0.29, 0.717) is 17.0 Å². The Morgan fingerprint density at radius 2 is 2.10 bits per heavy atom. The highest BCUT2D eigenvalue weighted by molar-refractivity contribution is 5.87. The van der Waals surface area contributed by atoms with Crippen LogP contribution in [0.15, 0.2) is 18.2 Å². The summed E-state index contributed by atoms with van der Waals surface area (Å²) in [6, 6.07) is 4.56. The van der Waals surface area contributed by atoms with Crippen LogP contribution in [-0.2, 0) is 4.74 Å². The van der Waals surface area contributed by atoms with Crippen molar-refractivity contribution >= 4 is 11.8 Å². The lowest BCUT2D eigenvalue weighted by Gasteiger charge is -2.21. The molecule has 1 atom stereocenters. The lowest BCUT2D eigenvalue weighted by molar-refractivity contribution is 0.0635. The van der Waals surface area contributed by atoms with Crippen LogP contribution < -0.4 is 15.8 Å². The fraction of sp³-hybridized carbons (Fsp3) is 0.500. The summed E-state index contributed by atoms with van der Waals surface area (Å²) in [4.78, 5) is 11.8. The first-order chi connectivity index (χ1) is 9.26. The van der Waals surface area contributed by atoms with E-state index >= 15 is 0 Å². The van der Waals surface area contributed by atoms with E-state index in [9.17, 15) is 4.79 Å². The molecular weight excluding hydrogens is 260 g/mol. The molecule has 112 valence electrons. The molecule has 0 aromatic heterocycles. The van der Waals surface area contributed by atoms with Crippen LogP contribution in [0.5, 0.6) is 5.75 Å². The van der Waals surface area contributed by atoms with Crippen LogP contribution in [0.2, 0.25) is 0 Å². The van der Waals surface area contributed by atoms with E-state index < -0.39 is 17.7 Å². The molecule has 1 rings (SSSR count). The Morgan fingerprint density at radius 3 is 2.60 bits per heavy atom. The van der Waals surface area contributed by atoms with Crippen molar-refractivity contribution in [2.45, 2.75) is 32.4 Å². The average Bonchev–Trinajstić information content (AvgIpc) is 2.35. The molecule has 1 unspecified atom stereocenters. The van der Waals surface area contributed by atoms with Crippen molar-refractivity contribution in [1.82, 2.24) is 0 Å². The number of nitrogens with two attached hydrogens (primary N) is 1. The Labute approximate surface area is 118 Å². The summed E-state index contributed by atoms with van der Waals surface area (Å²) in [6.45, 7) is 5.16. The molecule has 0 fully saturated rings. The predicted octanol–water partition coefficient (Wildman–Crippen LogP) is 2.03. The summed E-state index contributed by atoms with van der Waals surface area (Å²) < 4.78 is 10.4. The van der Waals surface area contributed by atoms with Gasteiger partial charge in [0.05, 0.1) is 25.4 Å². The molecule has 0 saturated heterocycles. The smallest absolute Gasteiger partial charge is 0.412 e. The van der Waals surface area contributed by atoms with Gasteiger partial charge in [0.1, 0.15) is 11.4 Å². The normalized spacial score (nSPS) is 12.7. The SMILES string of the molecule is COc1ccc(C(N)CO)cc1NC(=O)OC(C)(C)C. The molecule has 20 heavy (non-hydrogen) atoms. The summed E-state index contributed by atoms with van der Waals surface area (Å²) in [7, 11) is 1.50. The molecule has 4 N–H and O–H groups in total. The summed E-state index contributed by atoms with van der Waals surface area (Å²) >= 11 is 0. The number of amides is 1. The standard InChI is InChI=1S/C14H22N2O4/c1-14(2,3)20-13(18)16-11-7-9(10(15)8-17)5-6-12(11)19-4/h5-7,10,17H,8,15H2,1-4H3,(H,16,18). The van der Waals surface area contributed by atoms with E-state index in [1.165, 1.54) is 7.11 Å². The first-order valence-corrected chi connectivity index (χ1v) is 6.31. The zero-order valence-electron chi connectivity index (χ0n) is 12.3. The third-order valence-electron chi connectivity index (χ3n) is 2.48. The summed E-state index contributed by atoms with van der Waals surface area (Å²) in [5.41, 5.74) is 6.31. The Hall–Kier alpha value is -1.79. The summed E-state index contributed by atoms with van der Waals surface area (Å²) in [5.74, 6) is 0.491. The van der Waals surface area contributed by atoms with Gasteiger partial charge in [0.25, 0.3) is 0 Å². The van der Waals surface area contributed by atoms with Crippen LogP contribution in [0.25, 0.3) is 0 Å². The van der Waals surface area contributed by atoms with Gasteiger partial charge >= 0.3 is 6.09 Å². The molecule has 0 heterocycles. The van der Waals surface area contributed by atoms with Gasteiger partial charge in [-0.3, -0.25) is 5.32 Å². The van der Waals surface area contributed by atoms with E-state index in [1.807, 2.05) is 0 Å². The Morgan fingerprint density at radius 1 is 1.45 bits per heavy atom. The van der Waals surface area contributed by atoms with Crippen LogP contribution in [0.4, 0.5) is 10.5 Å². The number of hydrogen-bond acceptors (Lipinski definition) is 5. The largest absolute Gasteiger partial charge is 0.495 e. The zero-order valence-corrected chi connectivity index (χ0v) is 12.3. The third-order valence-corrected chi connectivity index (χ3v) is 2.48. The fourth-order valence-electron chi connectivity index (χ4n) is 1.57. The Balaban J connectivity index is 2.94. The van der Waals surface area contributed by atoms with Crippen molar-refractivity contribution in [3.8, 4) is 5.75 Å². The van der Waals surface area contributed by atoms with Crippen LogP contribution in [0.3, 0.4) is 0 Å². The number of aliphatic hydroxyl groups excluding tert-OH is 1. The molecular formula is C14H22N2O4. The highest BCUT2D eigenvalue weighted by Gasteiger charge is 2.18. The maximum absolute atomic E-state index is 11.8.